The Kier molecular flexibility index (Phi) is 5.94. The zero-order chi connectivity index (χ0) is 22.8. The van der Waals surface area contributed by atoms with Crippen molar-refractivity contribution in [2.75, 3.05) is 23.9 Å². The highest BCUT2D eigenvalue weighted by atomic mass is 19.1. The summed E-state index contributed by atoms with van der Waals surface area (Å²) < 4.78 is 25.0. The molecule has 8 heteroatoms. The lowest BCUT2D eigenvalue weighted by molar-refractivity contribution is -0.117. The summed E-state index contributed by atoms with van der Waals surface area (Å²) in [5, 5.41) is 3.41. The summed E-state index contributed by atoms with van der Waals surface area (Å²) in [5.74, 6) is -0.453. The van der Waals surface area contributed by atoms with Crippen LogP contribution in [0.4, 0.5) is 15.8 Å². The first-order valence-corrected chi connectivity index (χ1v) is 10.4. The maximum Gasteiger partial charge on any atom is 0.339 e. The number of benzene rings is 2. The van der Waals surface area contributed by atoms with Crippen LogP contribution in [0.1, 0.15) is 30.4 Å². The smallest absolute Gasteiger partial charge is 0.339 e. The van der Waals surface area contributed by atoms with E-state index in [9.17, 15) is 18.8 Å². The van der Waals surface area contributed by atoms with E-state index in [1.165, 1.54) is 24.1 Å². The van der Waals surface area contributed by atoms with Crippen LogP contribution in [0.15, 0.2) is 45.6 Å². The van der Waals surface area contributed by atoms with Gasteiger partial charge >= 0.3 is 5.63 Å². The average molecular weight is 438 g/mol. The molecule has 1 aromatic heterocycles. The van der Waals surface area contributed by atoms with Gasteiger partial charge < -0.3 is 19.4 Å². The van der Waals surface area contributed by atoms with Crippen LogP contribution in [-0.2, 0) is 16.0 Å². The first-order chi connectivity index (χ1) is 15.4. The molecule has 0 unspecified atom stereocenters. The van der Waals surface area contributed by atoms with Crippen LogP contribution in [-0.4, -0.2) is 25.5 Å². The summed E-state index contributed by atoms with van der Waals surface area (Å²) in [6, 6.07) is 9.48. The van der Waals surface area contributed by atoms with Crippen LogP contribution in [0.3, 0.4) is 0 Å². The third-order valence-electron chi connectivity index (χ3n) is 5.69. The maximum atomic E-state index is 14.5. The number of hydrogen-bond acceptors (Lipinski definition) is 5. The number of fused-ring (bicyclic) bond motifs is 1. The van der Waals surface area contributed by atoms with Gasteiger partial charge in [-0.15, -0.1) is 0 Å². The van der Waals surface area contributed by atoms with Crippen molar-refractivity contribution in [3.05, 3.63) is 63.8 Å². The van der Waals surface area contributed by atoms with E-state index < -0.39 is 11.4 Å². The molecule has 1 fully saturated rings. The lowest BCUT2D eigenvalue weighted by Gasteiger charge is -2.17. The third-order valence-corrected chi connectivity index (χ3v) is 5.69. The number of aryl methyl sites for hydroxylation is 1. The van der Waals surface area contributed by atoms with E-state index in [1.54, 1.807) is 18.2 Å². The van der Waals surface area contributed by atoms with Gasteiger partial charge in [0, 0.05) is 42.1 Å². The first-order valence-electron chi connectivity index (χ1n) is 10.4. The molecule has 1 N–H and O–H groups in total. The largest absolute Gasteiger partial charge is 0.497 e. The topological polar surface area (TPSA) is 88.9 Å². The van der Waals surface area contributed by atoms with Gasteiger partial charge in [0.25, 0.3) is 0 Å². The number of rotatable bonds is 6. The Morgan fingerprint density at radius 3 is 2.72 bits per heavy atom. The highest BCUT2D eigenvalue weighted by Gasteiger charge is 2.24. The van der Waals surface area contributed by atoms with Crippen molar-refractivity contribution in [2.45, 2.75) is 32.6 Å². The summed E-state index contributed by atoms with van der Waals surface area (Å²) in [4.78, 5) is 38.1. The minimum Gasteiger partial charge on any atom is -0.497 e. The molecular formula is C24H23FN2O5. The normalized spacial score (nSPS) is 13.6. The number of anilines is 2. The van der Waals surface area contributed by atoms with E-state index in [0.29, 0.717) is 36.3 Å². The summed E-state index contributed by atoms with van der Waals surface area (Å²) in [7, 11) is 1.53. The molecule has 0 spiro atoms. The number of methoxy groups -OCH3 is 1. The average Bonchev–Trinajstić information content (AvgIpc) is 3.18. The molecule has 32 heavy (non-hydrogen) atoms. The third kappa shape index (κ3) is 4.21. The molecule has 0 saturated carbocycles. The van der Waals surface area contributed by atoms with Gasteiger partial charge in [0.1, 0.15) is 17.1 Å². The number of nitrogens with one attached hydrogen (secondary N) is 1. The summed E-state index contributed by atoms with van der Waals surface area (Å²) in [5.41, 5.74) is 1.60. The highest BCUT2D eigenvalue weighted by Crippen LogP contribution is 2.27. The molecule has 3 aromatic rings. The molecular weight excluding hydrogens is 415 g/mol. The molecule has 166 valence electrons. The van der Waals surface area contributed by atoms with Gasteiger partial charge in [0.05, 0.1) is 12.8 Å². The summed E-state index contributed by atoms with van der Waals surface area (Å²) in [6.45, 7) is 2.30. The van der Waals surface area contributed by atoms with Gasteiger partial charge in [-0.3, -0.25) is 9.59 Å². The molecule has 1 saturated heterocycles. The SMILES string of the molecule is COc1ccc2c(C)c(CCC(=O)Nc3ccc(N4CCCC4=O)c(F)c3)c(=O)oc2c1. The Balaban J connectivity index is 1.45. The van der Waals surface area contributed by atoms with Gasteiger partial charge in [-0.2, -0.15) is 0 Å². The van der Waals surface area contributed by atoms with Gasteiger partial charge in [0.15, 0.2) is 0 Å². The Bertz CT molecular complexity index is 1270. The molecule has 0 bridgehead atoms. The second-order valence-corrected chi connectivity index (χ2v) is 7.72. The lowest BCUT2D eigenvalue weighted by Crippen LogP contribution is -2.24. The van der Waals surface area contributed by atoms with Gasteiger partial charge in [-0.25, -0.2) is 9.18 Å². The van der Waals surface area contributed by atoms with Gasteiger partial charge in [0.2, 0.25) is 11.8 Å². The Morgan fingerprint density at radius 2 is 2.03 bits per heavy atom. The molecule has 7 nitrogen and oxygen atoms in total. The fraction of sp³-hybridized carbons (Fsp3) is 0.292. The van der Waals surface area contributed by atoms with Crippen LogP contribution >= 0.6 is 0 Å². The van der Waals surface area contributed by atoms with Crippen LogP contribution in [0.2, 0.25) is 0 Å². The van der Waals surface area contributed by atoms with Crippen LogP contribution in [0.25, 0.3) is 11.0 Å². The quantitative estimate of drug-likeness (QED) is 0.589. The van der Waals surface area contributed by atoms with E-state index >= 15 is 0 Å². The predicted octanol–water partition coefficient (Wildman–Crippen LogP) is 3.95. The van der Waals surface area contributed by atoms with Crippen molar-refractivity contribution in [1.82, 2.24) is 0 Å². The van der Waals surface area contributed by atoms with Crippen molar-refractivity contribution >= 4 is 34.2 Å². The van der Waals surface area contributed by atoms with Crippen LogP contribution in [0, 0.1) is 12.7 Å². The second kappa shape index (κ2) is 8.82. The number of ether oxygens (including phenoxy) is 1. The fourth-order valence-electron chi connectivity index (χ4n) is 3.96. The first kappa shape index (κ1) is 21.5. The van der Waals surface area contributed by atoms with E-state index in [1.807, 2.05) is 13.0 Å². The van der Waals surface area contributed by atoms with Crippen molar-refractivity contribution in [1.29, 1.82) is 0 Å². The van der Waals surface area contributed by atoms with E-state index in [4.69, 9.17) is 9.15 Å². The fourth-order valence-corrected chi connectivity index (χ4v) is 3.96. The molecule has 2 heterocycles. The summed E-state index contributed by atoms with van der Waals surface area (Å²) >= 11 is 0. The minimum atomic E-state index is -0.570. The molecule has 4 rings (SSSR count). The van der Waals surface area contributed by atoms with E-state index in [2.05, 4.69) is 5.32 Å². The van der Waals surface area contributed by atoms with Gasteiger partial charge in [-0.1, -0.05) is 0 Å². The number of nitrogens with zero attached hydrogens (tertiary/aromatic N) is 1. The monoisotopic (exact) mass is 438 g/mol. The maximum absolute atomic E-state index is 14.5. The zero-order valence-corrected chi connectivity index (χ0v) is 17.9. The molecule has 1 aliphatic rings. The van der Waals surface area contributed by atoms with Crippen molar-refractivity contribution in [2.24, 2.45) is 0 Å². The zero-order valence-electron chi connectivity index (χ0n) is 17.9. The molecule has 2 amide bonds. The Morgan fingerprint density at radius 1 is 1.22 bits per heavy atom. The highest BCUT2D eigenvalue weighted by molar-refractivity contribution is 5.96. The second-order valence-electron chi connectivity index (χ2n) is 7.72. The summed E-state index contributed by atoms with van der Waals surface area (Å²) in [6.07, 6.45) is 1.33. The molecule has 1 aliphatic heterocycles. The minimum absolute atomic E-state index is 0.0290. The lowest BCUT2D eigenvalue weighted by atomic mass is 10.0. The van der Waals surface area contributed by atoms with Crippen molar-refractivity contribution in [3.8, 4) is 5.75 Å². The number of carbonyl (C=O) groups excluding carboxylic acids is 2. The molecule has 0 atom stereocenters. The predicted molar refractivity (Wildman–Crippen MR) is 119 cm³/mol. The van der Waals surface area contributed by atoms with Gasteiger partial charge in [-0.05, 0) is 55.7 Å². The van der Waals surface area contributed by atoms with Crippen LogP contribution < -0.4 is 20.6 Å². The van der Waals surface area contributed by atoms with E-state index in [-0.39, 0.29) is 36.0 Å². The van der Waals surface area contributed by atoms with Crippen LogP contribution in [0.5, 0.6) is 5.75 Å². The number of hydrogen-bond donors (Lipinski definition) is 1. The number of amides is 2. The Labute approximate surface area is 183 Å². The number of carbonyl (C=O) groups is 2. The Hall–Kier alpha value is -3.68. The van der Waals surface area contributed by atoms with E-state index in [0.717, 1.165) is 10.9 Å². The van der Waals surface area contributed by atoms with Crippen molar-refractivity contribution < 1.29 is 23.1 Å². The standard InChI is InChI=1S/C24H23FN2O5/c1-14-17-7-6-16(31-2)13-21(17)32-24(30)18(14)8-10-22(28)26-15-5-9-20(19(25)12-15)27-11-3-4-23(27)29/h5-7,9,12-13H,3-4,8,10-11H2,1-2H3,(H,26,28). The molecule has 0 radical (unpaired) electrons. The van der Waals surface area contributed by atoms with Crippen molar-refractivity contribution in [3.63, 3.8) is 0 Å². The molecule has 2 aromatic carbocycles. The molecule has 0 aliphatic carbocycles. The number of halogens is 1.